The molecule has 0 saturated heterocycles. The molecule has 0 spiro atoms. The fourth-order valence-electron chi connectivity index (χ4n) is 2.17. The molecule has 0 fully saturated rings. The van der Waals surface area contributed by atoms with Crippen molar-refractivity contribution < 1.29 is 23.7 Å². The molecule has 0 atom stereocenters. The van der Waals surface area contributed by atoms with Crippen LogP contribution in [0.4, 0.5) is 0 Å². The van der Waals surface area contributed by atoms with Gasteiger partial charge < -0.3 is 18.9 Å². The van der Waals surface area contributed by atoms with Gasteiger partial charge >= 0.3 is 0 Å². The van der Waals surface area contributed by atoms with E-state index in [0.717, 1.165) is 11.3 Å². The maximum absolute atomic E-state index is 11.7. The van der Waals surface area contributed by atoms with E-state index in [1.807, 2.05) is 12.1 Å². The summed E-state index contributed by atoms with van der Waals surface area (Å²) in [5, 5.41) is 3.91. The van der Waals surface area contributed by atoms with Gasteiger partial charge in [-0.15, -0.1) is 0 Å². The Kier molecular flexibility index (Phi) is 5.36. The lowest BCUT2D eigenvalue weighted by molar-refractivity contribution is -0.123. The van der Waals surface area contributed by atoms with Gasteiger partial charge in [0.05, 0.1) is 13.3 Å². The molecule has 0 aromatic heterocycles. The second kappa shape index (κ2) is 8.05. The van der Waals surface area contributed by atoms with Gasteiger partial charge in [0.25, 0.3) is 5.91 Å². The van der Waals surface area contributed by atoms with Crippen molar-refractivity contribution in [1.82, 2.24) is 5.43 Å². The molecular formula is C18H18N2O5. The third-order valence-electron chi connectivity index (χ3n) is 3.40. The molecule has 0 saturated carbocycles. The van der Waals surface area contributed by atoms with Gasteiger partial charge in [-0.2, -0.15) is 5.10 Å². The van der Waals surface area contributed by atoms with Gasteiger partial charge in [-0.1, -0.05) is 0 Å². The zero-order valence-corrected chi connectivity index (χ0v) is 13.7. The van der Waals surface area contributed by atoms with Crippen LogP contribution in [0, 0.1) is 0 Å². The third-order valence-corrected chi connectivity index (χ3v) is 3.40. The predicted molar refractivity (Wildman–Crippen MR) is 91.7 cm³/mol. The van der Waals surface area contributed by atoms with Crippen LogP contribution in [0.2, 0.25) is 0 Å². The Morgan fingerprint density at radius 3 is 2.60 bits per heavy atom. The Morgan fingerprint density at radius 2 is 1.84 bits per heavy atom. The molecule has 7 nitrogen and oxygen atoms in total. The minimum absolute atomic E-state index is 0.134. The average Bonchev–Trinajstić information content (AvgIpc) is 2.66. The molecule has 1 N–H and O–H groups in total. The number of hydrazone groups is 1. The molecule has 1 amide bonds. The summed E-state index contributed by atoms with van der Waals surface area (Å²) in [6, 6.07) is 12.4. The van der Waals surface area contributed by atoms with E-state index in [0.29, 0.717) is 30.5 Å². The second-order valence-electron chi connectivity index (χ2n) is 5.16. The summed E-state index contributed by atoms with van der Waals surface area (Å²) in [5.41, 5.74) is 3.21. The molecule has 0 unspecified atom stereocenters. The SMILES string of the molecule is COc1ccc(OCC(=O)N/N=C/c2ccc3c(c2)OCCO3)cc1. The van der Waals surface area contributed by atoms with E-state index in [4.69, 9.17) is 18.9 Å². The van der Waals surface area contributed by atoms with Crippen LogP contribution >= 0.6 is 0 Å². The van der Waals surface area contributed by atoms with E-state index in [1.165, 1.54) is 6.21 Å². The highest BCUT2D eigenvalue weighted by molar-refractivity contribution is 5.83. The molecule has 2 aromatic rings. The molecule has 0 radical (unpaired) electrons. The molecule has 7 heteroatoms. The summed E-state index contributed by atoms with van der Waals surface area (Å²) < 4.78 is 21.4. The molecule has 0 bridgehead atoms. The summed E-state index contributed by atoms with van der Waals surface area (Å²) >= 11 is 0. The lowest BCUT2D eigenvalue weighted by Crippen LogP contribution is -2.24. The van der Waals surface area contributed by atoms with E-state index < -0.39 is 0 Å². The van der Waals surface area contributed by atoms with Crippen LogP contribution in [0.15, 0.2) is 47.6 Å². The molecule has 2 aromatic carbocycles. The average molecular weight is 342 g/mol. The van der Waals surface area contributed by atoms with Crippen molar-refractivity contribution >= 4 is 12.1 Å². The molecule has 0 aliphatic carbocycles. The maximum atomic E-state index is 11.7. The number of nitrogens with one attached hydrogen (secondary N) is 1. The Labute approximate surface area is 145 Å². The molecule has 130 valence electrons. The summed E-state index contributed by atoms with van der Waals surface area (Å²) in [7, 11) is 1.59. The summed E-state index contributed by atoms with van der Waals surface area (Å²) in [4.78, 5) is 11.7. The van der Waals surface area contributed by atoms with Crippen LogP contribution < -0.4 is 24.4 Å². The van der Waals surface area contributed by atoms with Gasteiger partial charge in [-0.25, -0.2) is 5.43 Å². The maximum Gasteiger partial charge on any atom is 0.277 e. The van der Waals surface area contributed by atoms with Crippen molar-refractivity contribution in [2.45, 2.75) is 0 Å². The fraction of sp³-hybridized carbons (Fsp3) is 0.222. The second-order valence-corrected chi connectivity index (χ2v) is 5.16. The molecule has 1 aliphatic heterocycles. The number of rotatable bonds is 6. The van der Waals surface area contributed by atoms with Crippen molar-refractivity contribution in [3.05, 3.63) is 48.0 Å². The normalized spacial score (nSPS) is 12.7. The van der Waals surface area contributed by atoms with Crippen molar-refractivity contribution in [1.29, 1.82) is 0 Å². The lowest BCUT2D eigenvalue weighted by atomic mass is 10.2. The topological polar surface area (TPSA) is 78.4 Å². The summed E-state index contributed by atoms with van der Waals surface area (Å²) in [5.74, 6) is 2.32. The molecule has 1 heterocycles. The largest absolute Gasteiger partial charge is 0.497 e. The van der Waals surface area contributed by atoms with Crippen LogP contribution in [0.5, 0.6) is 23.0 Å². The summed E-state index contributed by atoms with van der Waals surface area (Å²) in [6.45, 7) is 0.933. The predicted octanol–water partition coefficient (Wildman–Crippen LogP) is 2.00. The van der Waals surface area contributed by atoms with Crippen LogP contribution in [0.1, 0.15) is 5.56 Å². The van der Waals surface area contributed by atoms with Crippen molar-refractivity contribution in [2.24, 2.45) is 5.10 Å². The van der Waals surface area contributed by atoms with Crippen molar-refractivity contribution in [3.8, 4) is 23.0 Å². The zero-order chi connectivity index (χ0) is 17.5. The molecular weight excluding hydrogens is 324 g/mol. The van der Waals surface area contributed by atoms with E-state index in [9.17, 15) is 4.79 Å². The van der Waals surface area contributed by atoms with Gasteiger partial charge in [0.2, 0.25) is 0 Å². The van der Waals surface area contributed by atoms with Crippen LogP contribution in [-0.2, 0) is 4.79 Å². The number of nitrogens with zero attached hydrogens (tertiary/aromatic N) is 1. The minimum Gasteiger partial charge on any atom is -0.497 e. The number of methoxy groups -OCH3 is 1. The number of fused-ring (bicyclic) bond motifs is 1. The monoisotopic (exact) mass is 342 g/mol. The van der Waals surface area contributed by atoms with Crippen molar-refractivity contribution in [3.63, 3.8) is 0 Å². The van der Waals surface area contributed by atoms with Gasteiger partial charge in [-0.3, -0.25) is 4.79 Å². The first-order chi connectivity index (χ1) is 12.2. The number of hydrogen-bond acceptors (Lipinski definition) is 6. The van der Waals surface area contributed by atoms with Gasteiger partial charge in [0.15, 0.2) is 18.1 Å². The van der Waals surface area contributed by atoms with Crippen LogP contribution in [0.3, 0.4) is 0 Å². The number of carbonyl (C=O) groups excluding carboxylic acids is 1. The first-order valence-electron chi connectivity index (χ1n) is 7.73. The minimum atomic E-state index is -0.357. The van der Waals surface area contributed by atoms with Crippen molar-refractivity contribution in [2.75, 3.05) is 26.9 Å². The zero-order valence-electron chi connectivity index (χ0n) is 13.7. The highest BCUT2D eigenvalue weighted by Crippen LogP contribution is 2.30. The van der Waals surface area contributed by atoms with Crippen LogP contribution in [-0.4, -0.2) is 39.1 Å². The first-order valence-corrected chi connectivity index (χ1v) is 7.73. The van der Waals surface area contributed by atoms with Gasteiger partial charge in [-0.05, 0) is 48.0 Å². The Bertz CT molecular complexity index is 759. The van der Waals surface area contributed by atoms with E-state index in [1.54, 1.807) is 37.4 Å². The number of hydrogen-bond donors (Lipinski definition) is 1. The number of benzene rings is 2. The van der Waals surface area contributed by atoms with Gasteiger partial charge in [0.1, 0.15) is 24.7 Å². The van der Waals surface area contributed by atoms with Crippen LogP contribution in [0.25, 0.3) is 0 Å². The number of ether oxygens (including phenoxy) is 4. The van der Waals surface area contributed by atoms with E-state index >= 15 is 0 Å². The van der Waals surface area contributed by atoms with E-state index in [2.05, 4.69) is 10.5 Å². The standard InChI is InChI=1S/C18H18N2O5/c1-22-14-3-5-15(6-4-14)25-12-18(21)20-19-11-13-2-7-16-17(10-13)24-9-8-23-16/h2-7,10-11H,8-9,12H2,1H3,(H,20,21)/b19-11+. The van der Waals surface area contributed by atoms with E-state index in [-0.39, 0.29) is 12.5 Å². The first kappa shape index (κ1) is 16.6. The Morgan fingerprint density at radius 1 is 1.12 bits per heavy atom. The Balaban J connectivity index is 1.47. The number of amides is 1. The molecule has 1 aliphatic rings. The number of carbonyl (C=O) groups is 1. The lowest BCUT2D eigenvalue weighted by Gasteiger charge is -2.18. The molecule has 3 rings (SSSR count). The van der Waals surface area contributed by atoms with Gasteiger partial charge in [0, 0.05) is 0 Å². The Hall–Kier alpha value is -3.22. The quantitative estimate of drug-likeness (QED) is 0.642. The third kappa shape index (κ3) is 4.63. The fourth-order valence-corrected chi connectivity index (χ4v) is 2.17. The highest BCUT2D eigenvalue weighted by Gasteiger charge is 2.10. The summed E-state index contributed by atoms with van der Waals surface area (Å²) in [6.07, 6.45) is 1.53. The molecule has 25 heavy (non-hydrogen) atoms. The highest BCUT2D eigenvalue weighted by atomic mass is 16.6. The smallest absolute Gasteiger partial charge is 0.277 e.